The van der Waals surface area contributed by atoms with Crippen LogP contribution in [0.3, 0.4) is 0 Å². The molecule has 5 nitrogen and oxygen atoms in total. The average molecular weight is 279 g/mol. The van der Waals surface area contributed by atoms with Crippen LogP contribution in [0.5, 0.6) is 5.75 Å². The quantitative estimate of drug-likeness (QED) is 0.829. The van der Waals surface area contributed by atoms with Crippen molar-refractivity contribution >= 4 is 6.09 Å². The lowest BCUT2D eigenvalue weighted by Gasteiger charge is -2.23. The van der Waals surface area contributed by atoms with Crippen molar-refractivity contribution in [2.24, 2.45) is 0 Å². The van der Waals surface area contributed by atoms with Gasteiger partial charge in [-0.3, -0.25) is 0 Å². The number of carbonyl (C=O) groups excluding carboxylic acids is 1. The lowest BCUT2D eigenvalue weighted by atomic mass is 10.0. The van der Waals surface area contributed by atoms with Gasteiger partial charge >= 0.3 is 6.09 Å². The zero-order valence-corrected chi connectivity index (χ0v) is 12.1. The van der Waals surface area contributed by atoms with Crippen molar-refractivity contribution in [3.05, 3.63) is 29.8 Å². The van der Waals surface area contributed by atoms with Crippen LogP contribution in [0.2, 0.25) is 0 Å². The van der Waals surface area contributed by atoms with Gasteiger partial charge in [0, 0.05) is 0 Å². The molecule has 0 aromatic heterocycles. The molecule has 0 aliphatic carbocycles. The Bertz CT molecular complexity index is 460. The molecule has 2 atom stereocenters. The molecule has 1 aromatic carbocycles. The third-order valence-electron chi connectivity index (χ3n) is 2.90. The van der Waals surface area contributed by atoms with E-state index in [2.05, 4.69) is 5.32 Å². The Morgan fingerprint density at radius 3 is 2.55 bits per heavy atom. The van der Waals surface area contributed by atoms with Gasteiger partial charge in [-0.1, -0.05) is 12.1 Å². The van der Waals surface area contributed by atoms with Crippen LogP contribution in [0.25, 0.3) is 0 Å². The topological polar surface area (TPSA) is 71.1 Å². The van der Waals surface area contributed by atoms with E-state index in [0.29, 0.717) is 13.0 Å². The van der Waals surface area contributed by atoms with Crippen LogP contribution < -0.4 is 5.32 Å². The summed E-state index contributed by atoms with van der Waals surface area (Å²) in [6, 6.07) is 6.82. The van der Waals surface area contributed by atoms with Crippen LogP contribution >= 0.6 is 0 Å². The number of phenolic OH excluding ortho intramolecular Hbond substituents is 1. The number of epoxide rings is 1. The molecule has 2 unspecified atom stereocenters. The number of carbonyl (C=O) groups is 1. The van der Waals surface area contributed by atoms with E-state index < -0.39 is 11.7 Å². The molecule has 0 spiro atoms. The molecule has 0 saturated carbocycles. The summed E-state index contributed by atoms with van der Waals surface area (Å²) in [5.74, 6) is 0.230. The molecule has 110 valence electrons. The first kappa shape index (κ1) is 14.7. The van der Waals surface area contributed by atoms with Gasteiger partial charge in [-0.25, -0.2) is 4.79 Å². The minimum absolute atomic E-state index is 0.0383. The van der Waals surface area contributed by atoms with Crippen LogP contribution in [0.15, 0.2) is 24.3 Å². The van der Waals surface area contributed by atoms with Gasteiger partial charge in [0.1, 0.15) is 17.5 Å². The molecule has 20 heavy (non-hydrogen) atoms. The molecule has 0 radical (unpaired) electrons. The minimum atomic E-state index is -0.516. The van der Waals surface area contributed by atoms with Crippen molar-refractivity contribution in [1.82, 2.24) is 5.32 Å². The number of alkyl carbamates (subject to hydrolysis) is 1. The fourth-order valence-electron chi connectivity index (χ4n) is 1.91. The van der Waals surface area contributed by atoms with E-state index in [1.807, 2.05) is 32.9 Å². The SMILES string of the molecule is CC(C)(C)OC(=O)NC(Cc1ccc(O)cc1)C1CO1. The molecule has 1 fully saturated rings. The summed E-state index contributed by atoms with van der Waals surface area (Å²) in [6.45, 7) is 6.14. The molecule has 2 rings (SSSR count). The molecule has 1 heterocycles. The van der Waals surface area contributed by atoms with E-state index in [0.717, 1.165) is 5.56 Å². The maximum atomic E-state index is 11.8. The van der Waals surface area contributed by atoms with Crippen molar-refractivity contribution in [2.75, 3.05) is 6.61 Å². The maximum Gasteiger partial charge on any atom is 0.407 e. The van der Waals surface area contributed by atoms with Gasteiger partial charge in [-0.15, -0.1) is 0 Å². The van der Waals surface area contributed by atoms with E-state index >= 15 is 0 Å². The van der Waals surface area contributed by atoms with E-state index in [1.165, 1.54) is 0 Å². The Morgan fingerprint density at radius 1 is 1.45 bits per heavy atom. The Labute approximate surface area is 118 Å². The number of rotatable bonds is 4. The zero-order chi connectivity index (χ0) is 14.8. The van der Waals surface area contributed by atoms with Crippen LogP contribution in [0.4, 0.5) is 4.79 Å². The fraction of sp³-hybridized carbons (Fsp3) is 0.533. The first-order valence-corrected chi connectivity index (χ1v) is 6.72. The summed E-state index contributed by atoms with van der Waals surface area (Å²) in [6.07, 6.45) is 0.248. The van der Waals surface area contributed by atoms with Gasteiger partial charge in [0.2, 0.25) is 0 Å². The van der Waals surface area contributed by atoms with E-state index in [1.54, 1.807) is 12.1 Å². The van der Waals surface area contributed by atoms with Crippen molar-refractivity contribution in [3.63, 3.8) is 0 Å². The molecular weight excluding hydrogens is 258 g/mol. The monoisotopic (exact) mass is 279 g/mol. The van der Waals surface area contributed by atoms with Gasteiger partial charge in [0.15, 0.2) is 0 Å². The van der Waals surface area contributed by atoms with Crippen LogP contribution in [0.1, 0.15) is 26.3 Å². The zero-order valence-electron chi connectivity index (χ0n) is 12.1. The predicted octanol–water partition coefficient (Wildman–Crippen LogP) is 2.23. The summed E-state index contributed by atoms with van der Waals surface area (Å²) in [5.41, 5.74) is 0.511. The number of amides is 1. The van der Waals surface area contributed by atoms with Crippen molar-refractivity contribution in [2.45, 2.75) is 44.9 Å². The Morgan fingerprint density at radius 2 is 2.05 bits per heavy atom. The van der Waals surface area contributed by atoms with Crippen molar-refractivity contribution in [3.8, 4) is 5.75 Å². The van der Waals surface area contributed by atoms with E-state index in [9.17, 15) is 9.90 Å². The molecule has 1 aliphatic heterocycles. The summed E-state index contributed by atoms with van der Waals surface area (Å²) in [5, 5.41) is 12.1. The number of aromatic hydroxyl groups is 1. The molecule has 1 aliphatic rings. The van der Waals surface area contributed by atoms with Crippen molar-refractivity contribution < 1.29 is 19.4 Å². The van der Waals surface area contributed by atoms with Crippen molar-refractivity contribution in [1.29, 1.82) is 0 Å². The number of nitrogens with one attached hydrogen (secondary N) is 1. The lowest BCUT2D eigenvalue weighted by Crippen LogP contribution is -2.43. The molecular formula is C15H21NO4. The Hall–Kier alpha value is -1.75. The minimum Gasteiger partial charge on any atom is -0.508 e. The third kappa shape index (κ3) is 4.74. The largest absolute Gasteiger partial charge is 0.508 e. The molecule has 1 aromatic rings. The Kier molecular flexibility index (Phi) is 4.18. The van der Waals surface area contributed by atoms with Gasteiger partial charge < -0.3 is 19.9 Å². The van der Waals surface area contributed by atoms with Crippen LogP contribution in [-0.2, 0) is 15.9 Å². The molecule has 5 heteroatoms. The highest BCUT2D eigenvalue weighted by Gasteiger charge is 2.34. The normalized spacial score (nSPS) is 19.2. The standard InChI is InChI=1S/C15H21NO4/c1-15(2,3)20-14(18)16-12(13-9-19-13)8-10-4-6-11(17)7-5-10/h4-7,12-13,17H,8-9H2,1-3H3,(H,16,18). The highest BCUT2D eigenvalue weighted by Crippen LogP contribution is 2.20. The van der Waals surface area contributed by atoms with Gasteiger partial charge in [0.05, 0.1) is 12.6 Å². The molecule has 0 bridgehead atoms. The number of benzene rings is 1. The first-order valence-electron chi connectivity index (χ1n) is 6.72. The van der Waals surface area contributed by atoms with E-state index in [4.69, 9.17) is 9.47 Å². The second-order valence-electron chi connectivity index (χ2n) is 6.00. The predicted molar refractivity (Wildman–Crippen MR) is 74.7 cm³/mol. The molecule has 2 N–H and O–H groups in total. The summed E-state index contributed by atoms with van der Waals surface area (Å²) >= 11 is 0. The van der Waals surface area contributed by atoms with Gasteiger partial charge in [-0.05, 0) is 44.9 Å². The van der Waals surface area contributed by atoms with Crippen LogP contribution in [0, 0.1) is 0 Å². The summed E-state index contributed by atoms with van der Waals surface area (Å²) < 4.78 is 10.5. The summed E-state index contributed by atoms with van der Waals surface area (Å²) in [4.78, 5) is 11.8. The number of hydrogen-bond donors (Lipinski definition) is 2. The third-order valence-corrected chi connectivity index (χ3v) is 2.90. The maximum absolute atomic E-state index is 11.8. The summed E-state index contributed by atoms with van der Waals surface area (Å²) in [7, 11) is 0. The lowest BCUT2D eigenvalue weighted by molar-refractivity contribution is 0.0495. The van der Waals surface area contributed by atoms with Gasteiger partial charge in [-0.2, -0.15) is 0 Å². The van der Waals surface area contributed by atoms with E-state index in [-0.39, 0.29) is 17.9 Å². The number of ether oxygens (including phenoxy) is 2. The fourth-order valence-corrected chi connectivity index (χ4v) is 1.91. The van der Waals surface area contributed by atoms with Gasteiger partial charge in [0.25, 0.3) is 0 Å². The highest BCUT2D eigenvalue weighted by atomic mass is 16.6. The second-order valence-corrected chi connectivity index (χ2v) is 6.00. The van der Waals surface area contributed by atoms with Crippen LogP contribution in [-0.4, -0.2) is 35.6 Å². The highest BCUT2D eigenvalue weighted by molar-refractivity contribution is 5.68. The first-order chi connectivity index (χ1) is 9.33. The second kappa shape index (κ2) is 5.71. The molecule has 1 saturated heterocycles. The smallest absolute Gasteiger partial charge is 0.407 e. The Balaban J connectivity index is 1.94. The average Bonchev–Trinajstić information content (AvgIpc) is 3.12. The molecule has 1 amide bonds. The number of hydrogen-bond acceptors (Lipinski definition) is 4. The number of phenols is 1.